The van der Waals surface area contributed by atoms with Crippen LogP contribution in [0.1, 0.15) is 43.8 Å². The number of furan rings is 1. The largest absolute Gasteiger partial charge is 0.459 e. The number of ether oxygens (including phenoxy) is 1. The van der Waals surface area contributed by atoms with E-state index in [1.165, 1.54) is 0 Å². The summed E-state index contributed by atoms with van der Waals surface area (Å²) in [6.45, 7) is 14.1. The summed E-state index contributed by atoms with van der Waals surface area (Å²) in [6.07, 6.45) is 0. The van der Waals surface area contributed by atoms with Crippen LogP contribution in [-0.2, 0) is 4.74 Å². The smallest absolute Gasteiger partial charge is 0.374 e. The van der Waals surface area contributed by atoms with Crippen molar-refractivity contribution < 1.29 is 18.4 Å². The standard InChI is InChI=1S/C20H30NO3/c1-7-21(6,8-2)13-20(4,5)14-23-19(22)18-15(3)16-11-9-10-12-17(16)24-18/h9-12H,7-8,13-14H2,1-6H3/q+1. The first-order valence-corrected chi connectivity index (χ1v) is 8.70. The molecular weight excluding hydrogens is 302 g/mol. The highest BCUT2D eigenvalue weighted by Crippen LogP contribution is 2.27. The SMILES string of the molecule is CC[N+](C)(CC)CC(C)(C)COC(=O)c1oc2ccccc2c1C. The van der Waals surface area contributed by atoms with Gasteiger partial charge in [0.25, 0.3) is 0 Å². The molecule has 0 atom stereocenters. The Hall–Kier alpha value is -1.81. The zero-order valence-electron chi connectivity index (χ0n) is 15.8. The number of hydrogen-bond acceptors (Lipinski definition) is 3. The Labute approximate surface area is 145 Å². The molecule has 0 radical (unpaired) electrons. The van der Waals surface area contributed by atoms with Crippen LogP contribution in [0, 0.1) is 12.3 Å². The third-order valence-corrected chi connectivity index (χ3v) is 4.96. The summed E-state index contributed by atoms with van der Waals surface area (Å²) in [5.74, 6) is -0.0609. The molecule has 0 aliphatic heterocycles. The quantitative estimate of drug-likeness (QED) is 0.557. The molecule has 0 bridgehead atoms. The van der Waals surface area contributed by atoms with Gasteiger partial charge in [0, 0.05) is 16.4 Å². The molecule has 4 heteroatoms. The number of aryl methyl sites for hydroxylation is 1. The molecule has 0 fully saturated rings. The van der Waals surface area contributed by atoms with Crippen LogP contribution in [0.4, 0.5) is 0 Å². The number of hydrogen-bond donors (Lipinski definition) is 0. The second-order valence-corrected chi connectivity index (χ2v) is 7.70. The monoisotopic (exact) mass is 332 g/mol. The maximum atomic E-state index is 12.5. The Bertz CT molecular complexity index is 711. The summed E-state index contributed by atoms with van der Waals surface area (Å²) < 4.78 is 12.3. The Morgan fingerprint density at radius 2 is 1.83 bits per heavy atom. The minimum Gasteiger partial charge on any atom is -0.459 e. The predicted octanol–water partition coefficient (Wildman–Crippen LogP) is 4.41. The molecule has 0 N–H and O–H groups in total. The summed E-state index contributed by atoms with van der Waals surface area (Å²) in [5, 5.41) is 0.963. The molecule has 0 spiro atoms. The third kappa shape index (κ3) is 3.99. The first kappa shape index (κ1) is 18.5. The molecule has 0 unspecified atom stereocenters. The zero-order chi connectivity index (χ0) is 18.0. The predicted molar refractivity (Wildman–Crippen MR) is 97.1 cm³/mol. The highest BCUT2D eigenvalue weighted by atomic mass is 16.5. The normalized spacial score (nSPS) is 12.6. The maximum absolute atomic E-state index is 12.5. The van der Waals surface area contributed by atoms with E-state index in [1.807, 2.05) is 31.2 Å². The number of carbonyl (C=O) groups is 1. The van der Waals surface area contributed by atoms with Gasteiger partial charge in [-0.2, -0.15) is 0 Å². The number of fused-ring (bicyclic) bond motifs is 1. The molecule has 0 amide bonds. The topological polar surface area (TPSA) is 39.4 Å². The Morgan fingerprint density at radius 1 is 1.21 bits per heavy atom. The second kappa shape index (κ2) is 6.98. The maximum Gasteiger partial charge on any atom is 0.374 e. The first-order valence-electron chi connectivity index (χ1n) is 8.70. The zero-order valence-corrected chi connectivity index (χ0v) is 15.8. The van der Waals surface area contributed by atoms with Crippen molar-refractivity contribution >= 4 is 16.9 Å². The average Bonchev–Trinajstić information content (AvgIpc) is 2.90. The van der Waals surface area contributed by atoms with Crippen LogP contribution in [0.3, 0.4) is 0 Å². The van der Waals surface area contributed by atoms with E-state index in [2.05, 4.69) is 34.7 Å². The van der Waals surface area contributed by atoms with Crippen molar-refractivity contribution in [1.29, 1.82) is 0 Å². The van der Waals surface area contributed by atoms with Gasteiger partial charge in [0.15, 0.2) is 0 Å². The summed E-state index contributed by atoms with van der Waals surface area (Å²) in [7, 11) is 2.24. The van der Waals surface area contributed by atoms with Crippen molar-refractivity contribution in [3.05, 3.63) is 35.6 Å². The van der Waals surface area contributed by atoms with E-state index < -0.39 is 0 Å². The van der Waals surface area contributed by atoms with Crippen LogP contribution in [0.15, 0.2) is 28.7 Å². The number of nitrogens with zero attached hydrogens (tertiary/aromatic N) is 1. The third-order valence-electron chi connectivity index (χ3n) is 4.96. The average molecular weight is 332 g/mol. The Kier molecular flexibility index (Phi) is 5.38. The molecule has 2 rings (SSSR count). The fourth-order valence-corrected chi connectivity index (χ4v) is 3.22. The van der Waals surface area contributed by atoms with Gasteiger partial charge in [-0.25, -0.2) is 4.79 Å². The van der Waals surface area contributed by atoms with Crippen LogP contribution in [0.2, 0.25) is 0 Å². The van der Waals surface area contributed by atoms with Gasteiger partial charge in [0.2, 0.25) is 5.76 Å². The number of para-hydroxylation sites is 1. The molecule has 1 heterocycles. The summed E-state index contributed by atoms with van der Waals surface area (Å²) in [5.41, 5.74) is 1.48. The molecule has 0 aliphatic carbocycles. The minimum atomic E-state index is -0.376. The van der Waals surface area contributed by atoms with Gasteiger partial charge in [-0.1, -0.05) is 32.0 Å². The van der Waals surface area contributed by atoms with Gasteiger partial charge in [-0.15, -0.1) is 0 Å². The number of rotatable bonds is 7. The Balaban J connectivity index is 2.07. The molecule has 0 saturated carbocycles. The number of carbonyl (C=O) groups excluding carboxylic acids is 1. The molecule has 1 aromatic heterocycles. The lowest BCUT2D eigenvalue weighted by atomic mass is 9.93. The van der Waals surface area contributed by atoms with E-state index in [0.717, 1.165) is 40.6 Å². The number of benzene rings is 1. The van der Waals surface area contributed by atoms with Crippen LogP contribution in [0.25, 0.3) is 11.0 Å². The van der Waals surface area contributed by atoms with E-state index >= 15 is 0 Å². The van der Waals surface area contributed by atoms with Crippen molar-refractivity contribution in [1.82, 2.24) is 0 Å². The van der Waals surface area contributed by atoms with Crippen molar-refractivity contribution in [3.8, 4) is 0 Å². The summed E-state index contributed by atoms with van der Waals surface area (Å²) in [4.78, 5) is 12.5. The van der Waals surface area contributed by atoms with Crippen LogP contribution >= 0.6 is 0 Å². The highest BCUT2D eigenvalue weighted by molar-refractivity contribution is 5.95. The second-order valence-electron chi connectivity index (χ2n) is 7.70. The van der Waals surface area contributed by atoms with Gasteiger partial charge < -0.3 is 13.6 Å². The summed E-state index contributed by atoms with van der Waals surface area (Å²) >= 11 is 0. The van der Waals surface area contributed by atoms with Gasteiger partial charge in [-0.3, -0.25) is 0 Å². The fraction of sp³-hybridized carbons (Fsp3) is 0.550. The van der Waals surface area contributed by atoms with E-state index in [1.54, 1.807) is 0 Å². The van der Waals surface area contributed by atoms with Gasteiger partial charge in [0.1, 0.15) is 12.2 Å². The molecule has 0 aliphatic rings. The van der Waals surface area contributed by atoms with Crippen molar-refractivity contribution in [2.45, 2.75) is 34.6 Å². The van der Waals surface area contributed by atoms with Crippen molar-refractivity contribution in [3.63, 3.8) is 0 Å². The molecule has 0 saturated heterocycles. The minimum absolute atomic E-state index is 0.0870. The molecule has 2 aromatic rings. The lowest BCUT2D eigenvalue weighted by Crippen LogP contribution is -2.50. The van der Waals surface area contributed by atoms with E-state index in [-0.39, 0.29) is 11.4 Å². The van der Waals surface area contributed by atoms with Crippen molar-refractivity contribution in [2.24, 2.45) is 5.41 Å². The lowest BCUT2D eigenvalue weighted by molar-refractivity contribution is -0.912. The van der Waals surface area contributed by atoms with E-state index in [0.29, 0.717) is 12.4 Å². The van der Waals surface area contributed by atoms with Crippen LogP contribution in [0.5, 0.6) is 0 Å². The lowest BCUT2D eigenvalue weighted by Gasteiger charge is -2.38. The van der Waals surface area contributed by atoms with Gasteiger partial charge in [0.05, 0.1) is 26.7 Å². The molecule has 132 valence electrons. The fourth-order valence-electron chi connectivity index (χ4n) is 3.22. The van der Waals surface area contributed by atoms with Gasteiger partial charge >= 0.3 is 5.97 Å². The number of esters is 1. The molecular formula is C20H30NO3+. The highest BCUT2D eigenvalue weighted by Gasteiger charge is 2.31. The molecule has 24 heavy (non-hydrogen) atoms. The molecule has 4 nitrogen and oxygen atoms in total. The van der Waals surface area contributed by atoms with E-state index in [4.69, 9.17) is 9.15 Å². The van der Waals surface area contributed by atoms with Crippen molar-refractivity contribution in [2.75, 3.05) is 33.3 Å². The summed E-state index contributed by atoms with van der Waals surface area (Å²) in [6, 6.07) is 7.67. The van der Waals surface area contributed by atoms with Crippen LogP contribution < -0.4 is 0 Å². The Morgan fingerprint density at radius 3 is 2.42 bits per heavy atom. The van der Waals surface area contributed by atoms with Gasteiger partial charge in [-0.05, 0) is 26.8 Å². The molecule has 1 aromatic carbocycles. The van der Waals surface area contributed by atoms with Crippen LogP contribution in [-0.4, -0.2) is 43.7 Å². The first-order chi connectivity index (χ1) is 11.2. The number of quaternary nitrogens is 1. The van der Waals surface area contributed by atoms with E-state index in [9.17, 15) is 4.79 Å².